The number of aromatic nitrogens is 2. The summed E-state index contributed by atoms with van der Waals surface area (Å²) in [5.41, 5.74) is 0. The van der Waals surface area contributed by atoms with E-state index < -0.39 is 32.9 Å². The molecule has 3 fully saturated rings. The quantitative estimate of drug-likeness (QED) is 0.413. The summed E-state index contributed by atoms with van der Waals surface area (Å²) in [6.45, 7) is 3.53. The molecule has 2 saturated carbocycles. The van der Waals surface area contributed by atoms with Gasteiger partial charge in [0.25, 0.3) is 5.89 Å². The Morgan fingerprint density at radius 1 is 1.12 bits per heavy atom. The fourth-order valence-corrected chi connectivity index (χ4v) is 6.11. The van der Waals surface area contributed by atoms with E-state index in [2.05, 4.69) is 10.1 Å². The van der Waals surface area contributed by atoms with E-state index in [1.54, 1.807) is 11.8 Å². The average Bonchev–Trinajstić information content (AvgIpc) is 3.76. The van der Waals surface area contributed by atoms with E-state index in [1.807, 2.05) is 0 Å². The van der Waals surface area contributed by atoms with Gasteiger partial charge in [0.15, 0.2) is 15.7 Å². The number of nitrogens with zero attached hydrogens (tertiary/aromatic N) is 4. The van der Waals surface area contributed by atoms with Gasteiger partial charge < -0.3 is 19.1 Å². The molecule has 1 saturated heterocycles. The molecule has 11 nitrogen and oxygen atoms in total. The monoisotopic (exact) mass is 496 g/mol. The third kappa shape index (κ3) is 5.65. The number of sulfone groups is 1. The highest BCUT2D eigenvalue weighted by Crippen LogP contribution is 2.40. The molecule has 0 unspecified atom stereocenters. The van der Waals surface area contributed by atoms with Crippen molar-refractivity contribution in [2.45, 2.75) is 69.2 Å². The summed E-state index contributed by atoms with van der Waals surface area (Å²) >= 11 is 0. The zero-order valence-electron chi connectivity index (χ0n) is 19.6. The molecule has 34 heavy (non-hydrogen) atoms. The molecule has 0 radical (unpaired) electrons. The van der Waals surface area contributed by atoms with Crippen molar-refractivity contribution in [1.82, 2.24) is 19.9 Å². The zero-order chi connectivity index (χ0) is 24.5. The lowest BCUT2D eigenvalue weighted by Gasteiger charge is -2.36. The second-order valence-corrected chi connectivity index (χ2v) is 11.5. The molecule has 0 spiro atoms. The first-order chi connectivity index (χ1) is 16.2. The maximum absolute atomic E-state index is 13.5. The predicted molar refractivity (Wildman–Crippen MR) is 120 cm³/mol. The lowest BCUT2D eigenvalue weighted by molar-refractivity contribution is -0.140. The van der Waals surface area contributed by atoms with E-state index in [-0.39, 0.29) is 42.9 Å². The van der Waals surface area contributed by atoms with Gasteiger partial charge in [-0.25, -0.2) is 8.42 Å². The topological polar surface area (TPSA) is 140 Å². The Balaban J connectivity index is 1.56. The third-order valence-electron chi connectivity index (χ3n) is 6.56. The number of rotatable bonds is 11. The van der Waals surface area contributed by atoms with Crippen LogP contribution in [0.3, 0.4) is 0 Å². The molecule has 1 aliphatic heterocycles. The smallest absolute Gasteiger partial charge is 0.296 e. The van der Waals surface area contributed by atoms with Gasteiger partial charge in [0.2, 0.25) is 17.6 Å². The van der Waals surface area contributed by atoms with Crippen LogP contribution < -0.4 is 0 Å². The molecule has 12 heteroatoms. The number of amides is 2. The molecule has 3 aliphatic rings. The van der Waals surface area contributed by atoms with Crippen molar-refractivity contribution in [1.29, 1.82) is 0 Å². The van der Waals surface area contributed by atoms with E-state index in [9.17, 15) is 22.8 Å². The molecule has 2 atom stereocenters. The summed E-state index contributed by atoms with van der Waals surface area (Å²) in [4.78, 5) is 46.4. The van der Waals surface area contributed by atoms with Crippen molar-refractivity contribution in [3.05, 3.63) is 11.7 Å². The van der Waals surface area contributed by atoms with Crippen LogP contribution in [0.5, 0.6) is 0 Å². The van der Waals surface area contributed by atoms with E-state index in [0.29, 0.717) is 45.0 Å². The Labute approximate surface area is 199 Å². The van der Waals surface area contributed by atoms with Gasteiger partial charge in [-0.1, -0.05) is 12.1 Å². The summed E-state index contributed by atoms with van der Waals surface area (Å²) in [7, 11) is -3.70. The van der Waals surface area contributed by atoms with Crippen molar-refractivity contribution in [2.75, 3.05) is 32.6 Å². The van der Waals surface area contributed by atoms with Crippen LogP contribution in [0.4, 0.5) is 0 Å². The molecule has 188 valence electrons. The first-order valence-corrected chi connectivity index (χ1v) is 13.9. The lowest BCUT2D eigenvalue weighted by Crippen LogP contribution is -2.54. The Hall–Kier alpha value is -2.34. The van der Waals surface area contributed by atoms with Crippen LogP contribution in [0.2, 0.25) is 0 Å². The summed E-state index contributed by atoms with van der Waals surface area (Å²) in [5, 5.41) is 2.76. The van der Waals surface area contributed by atoms with Gasteiger partial charge >= 0.3 is 0 Å². The number of ether oxygens (including phenoxy) is 1. The molecular weight excluding hydrogens is 464 g/mol. The SMILES string of the molecule is CC[C@@H](C(=O)c1nc(C2CC2)no1)N(C(=O)CCC(=O)N1CCOCC1)[C@@H](C1CC1)S(C)(=O)=O. The fourth-order valence-electron chi connectivity index (χ4n) is 4.46. The van der Waals surface area contributed by atoms with Gasteiger partial charge in [-0.15, -0.1) is 0 Å². The highest BCUT2D eigenvalue weighted by Gasteiger charge is 2.48. The fraction of sp³-hybridized carbons (Fsp3) is 0.773. The van der Waals surface area contributed by atoms with Gasteiger partial charge in [0.1, 0.15) is 11.4 Å². The number of morpholine rings is 1. The molecule has 0 bridgehead atoms. The van der Waals surface area contributed by atoms with Crippen molar-refractivity contribution >= 4 is 27.4 Å². The van der Waals surface area contributed by atoms with Gasteiger partial charge in [-0.2, -0.15) is 4.98 Å². The maximum Gasteiger partial charge on any atom is 0.296 e. The zero-order valence-corrected chi connectivity index (χ0v) is 20.5. The average molecular weight is 497 g/mol. The van der Waals surface area contributed by atoms with Gasteiger partial charge in [-0.3, -0.25) is 14.4 Å². The summed E-state index contributed by atoms with van der Waals surface area (Å²) in [6.07, 6.45) is 4.21. The van der Waals surface area contributed by atoms with Crippen LogP contribution in [-0.4, -0.2) is 89.9 Å². The van der Waals surface area contributed by atoms with E-state index in [0.717, 1.165) is 19.1 Å². The van der Waals surface area contributed by atoms with Crippen molar-refractivity contribution in [3.63, 3.8) is 0 Å². The molecule has 0 N–H and O–H groups in total. The molecule has 2 heterocycles. The number of Topliss-reactive ketones (excluding diaryl/α,β-unsaturated/α-hetero) is 1. The minimum absolute atomic E-state index is 0.0620. The van der Waals surface area contributed by atoms with Crippen LogP contribution >= 0.6 is 0 Å². The summed E-state index contributed by atoms with van der Waals surface area (Å²) in [6, 6.07) is -1.07. The van der Waals surface area contributed by atoms with Crippen molar-refractivity contribution < 1.29 is 32.1 Å². The van der Waals surface area contributed by atoms with E-state index >= 15 is 0 Å². The van der Waals surface area contributed by atoms with Crippen LogP contribution in [0.1, 0.15) is 74.3 Å². The van der Waals surface area contributed by atoms with E-state index in [1.165, 1.54) is 4.90 Å². The molecular formula is C22H32N4O7S. The molecule has 2 aliphatic carbocycles. The Morgan fingerprint density at radius 3 is 2.35 bits per heavy atom. The Morgan fingerprint density at radius 2 is 1.79 bits per heavy atom. The highest BCUT2D eigenvalue weighted by molar-refractivity contribution is 7.91. The van der Waals surface area contributed by atoms with Crippen LogP contribution in [0.25, 0.3) is 0 Å². The first kappa shape index (κ1) is 24.8. The Kier molecular flexibility index (Phi) is 7.36. The highest BCUT2D eigenvalue weighted by atomic mass is 32.2. The van der Waals surface area contributed by atoms with Crippen molar-refractivity contribution in [3.8, 4) is 0 Å². The van der Waals surface area contributed by atoms with Gasteiger partial charge in [0, 0.05) is 38.1 Å². The summed E-state index contributed by atoms with van der Waals surface area (Å²) in [5.74, 6) is -1.09. The minimum atomic E-state index is -3.70. The van der Waals surface area contributed by atoms with Gasteiger partial charge in [-0.05, 0) is 38.0 Å². The number of carbonyl (C=O) groups excluding carboxylic acids is 3. The second kappa shape index (κ2) is 10.1. The van der Waals surface area contributed by atoms with Crippen molar-refractivity contribution in [2.24, 2.45) is 5.92 Å². The maximum atomic E-state index is 13.5. The molecule has 1 aromatic rings. The first-order valence-electron chi connectivity index (χ1n) is 11.9. The molecule has 1 aromatic heterocycles. The van der Waals surface area contributed by atoms with Crippen LogP contribution in [0, 0.1) is 5.92 Å². The van der Waals surface area contributed by atoms with E-state index in [4.69, 9.17) is 9.26 Å². The lowest BCUT2D eigenvalue weighted by atomic mass is 10.1. The second-order valence-electron chi connectivity index (χ2n) is 9.37. The standard InChI is InChI=1S/C22H32N4O7S/c1-3-16(19(29)21-23-20(24-33-21)14-4-5-14)26(22(15-6-7-15)34(2,30)31)18(28)9-8-17(27)25-10-12-32-13-11-25/h14-16,22H,3-13H2,1-2H3/t16-,22+/m0/s1. The number of hydrogen-bond acceptors (Lipinski definition) is 9. The minimum Gasteiger partial charge on any atom is -0.378 e. The number of ketones is 1. The van der Waals surface area contributed by atoms with Gasteiger partial charge in [0.05, 0.1) is 13.2 Å². The number of carbonyl (C=O) groups is 3. The largest absolute Gasteiger partial charge is 0.378 e. The predicted octanol–water partition coefficient (Wildman–Crippen LogP) is 1.16. The number of hydrogen-bond donors (Lipinski definition) is 0. The summed E-state index contributed by atoms with van der Waals surface area (Å²) < 4.78 is 36.0. The third-order valence-corrected chi connectivity index (χ3v) is 8.05. The van der Waals surface area contributed by atoms with Crippen LogP contribution in [-0.2, 0) is 24.2 Å². The Bertz CT molecular complexity index is 1030. The molecule has 2 amide bonds. The van der Waals surface area contributed by atoms with Crippen LogP contribution in [0.15, 0.2) is 4.52 Å². The molecule has 4 rings (SSSR count). The normalized spacial score (nSPS) is 20.6. The molecule has 0 aromatic carbocycles.